The normalized spacial score (nSPS) is 18.3. The van der Waals surface area contributed by atoms with Crippen molar-refractivity contribution in [2.24, 2.45) is 5.92 Å². The number of aromatic nitrogens is 2. The van der Waals surface area contributed by atoms with Crippen LogP contribution in [0.2, 0.25) is 0 Å². The minimum absolute atomic E-state index is 0.148. The maximum absolute atomic E-state index is 12.9. The molecule has 2 aromatic heterocycles. The summed E-state index contributed by atoms with van der Waals surface area (Å²) in [5.74, 6) is 1.46. The van der Waals surface area contributed by atoms with Crippen molar-refractivity contribution in [2.75, 3.05) is 24.5 Å². The predicted octanol–water partition coefficient (Wildman–Crippen LogP) is 2.96. The molecular weight excluding hydrogens is 332 g/mol. The number of rotatable bonds is 2. The number of amides is 1. The van der Waals surface area contributed by atoms with Gasteiger partial charge in [0.2, 0.25) is 5.91 Å². The summed E-state index contributed by atoms with van der Waals surface area (Å²) in [5.41, 5.74) is 3.25. The van der Waals surface area contributed by atoms with E-state index in [1.54, 1.807) is 0 Å². The highest BCUT2D eigenvalue weighted by Crippen LogP contribution is 2.28. The van der Waals surface area contributed by atoms with E-state index < -0.39 is 0 Å². The van der Waals surface area contributed by atoms with Crippen molar-refractivity contribution < 1.29 is 4.79 Å². The van der Waals surface area contributed by atoms with Gasteiger partial charge >= 0.3 is 0 Å². The number of carbonyl (C=O) groups is 1. The molecule has 6 heteroatoms. The lowest BCUT2D eigenvalue weighted by molar-refractivity contribution is -0.137. The standard InChI is InChI=1S/C19H24N4OS/c1-13-11-20-14(2)18(21-13)22-7-3-15(4-8-22)19(24)23-9-5-17-16(12-23)6-10-25-17/h6,10-11,15H,3-5,7-9,12H2,1-2H3. The Balaban J connectivity index is 1.39. The molecule has 5 nitrogen and oxygen atoms in total. The van der Waals surface area contributed by atoms with Gasteiger partial charge in [-0.3, -0.25) is 9.78 Å². The second kappa shape index (κ2) is 6.75. The van der Waals surface area contributed by atoms with Gasteiger partial charge in [0.1, 0.15) is 5.82 Å². The van der Waals surface area contributed by atoms with Gasteiger partial charge in [-0.25, -0.2) is 4.98 Å². The Morgan fingerprint density at radius 2 is 2.04 bits per heavy atom. The molecule has 0 N–H and O–H groups in total. The van der Waals surface area contributed by atoms with Gasteiger partial charge in [0.25, 0.3) is 0 Å². The highest BCUT2D eigenvalue weighted by molar-refractivity contribution is 7.10. The zero-order valence-corrected chi connectivity index (χ0v) is 15.7. The van der Waals surface area contributed by atoms with Crippen molar-refractivity contribution in [3.05, 3.63) is 39.5 Å². The van der Waals surface area contributed by atoms with Crippen molar-refractivity contribution in [3.63, 3.8) is 0 Å². The third kappa shape index (κ3) is 3.27. The van der Waals surface area contributed by atoms with Crippen LogP contribution < -0.4 is 4.90 Å². The van der Waals surface area contributed by atoms with Gasteiger partial charge in [0.05, 0.1) is 11.4 Å². The molecule has 0 spiro atoms. The molecule has 0 radical (unpaired) electrons. The summed E-state index contributed by atoms with van der Waals surface area (Å²) >= 11 is 1.82. The SMILES string of the molecule is Cc1cnc(C)c(N2CCC(C(=O)N3CCc4sccc4C3)CC2)n1. The molecular formula is C19H24N4OS. The van der Waals surface area contributed by atoms with Gasteiger partial charge < -0.3 is 9.80 Å². The van der Waals surface area contributed by atoms with Gasteiger partial charge in [-0.1, -0.05) is 0 Å². The van der Waals surface area contributed by atoms with E-state index in [0.29, 0.717) is 5.91 Å². The molecule has 1 fully saturated rings. The summed E-state index contributed by atoms with van der Waals surface area (Å²) in [5, 5.41) is 2.14. The molecule has 132 valence electrons. The highest BCUT2D eigenvalue weighted by Gasteiger charge is 2.31. The Morgan fingerprint density at radius 3 is 2.84 bits per heavy atom. The minimum Gasteiger partial charge on any atom is -0.355 e. The molecule has 0 aromatic carbocycles. The number of fused-ring (bicyclic) bond motifs is 1. The third-order valence-corrected chi connectivity index (χ3v) is 6.34. The van der Waals surface area contributed by atoms with Crippen molar-refractivity contribution in [3.8, 4) is 0 Å². The second-order valence-electron chi connectivity index (χ2n) is 7.06. The lowest BCUT2D eigenvalue weighted by Crippen LogP contribution is -2.44. The van der Waals surface area contributed by atoms with Crippen molar-refractivity contribution in [1.82, 2.24) is 14.9 Å². The Bertz CT molecular complexity index is 779. The van der Waals surface area contributed by atoms with Crippen molar-refractivity contribution in [1.29, 1.82) is 0 Å². The predicted molar refractivity (Wildman–Crippen MR) is 99.9 cm³/mol. The summed E-state index contributed by atoms with van der Waals surface area (Å²) < 4.78 is 0. The lowest BCUT2D eigenvalue weighted by Gasteiger charge is -2.36. The smallest absolute Gasteiger partial charge is 0.226 e. The minimum atomic E-state index is 0.148. The molecule has 4 rings (SSSR count). The molecule has 0 saturated carbocycles. The Kier molecular flexibility index (Phi) is 4.46. The van der Waals surface area contributed by atoms with Crippen LogP contribution in [0.25, 0.3) is 0 Å². The number of anilines is 1. The zero-order chi connectivity index (χ0) is 17.4. The summed E-state index contributed by atoms with van der Waals surface area (Å²) in [4.78, 5) is 27.8. The first-order valence-corrected chi connectivity index (χ1v) is 9.89. The number of thiophene rings is 1. The molecule has 4 heterocycles. The van der Waals surface area contributed by atoms with Crippen LogP contribution in [0.4, 0.5) is 5.82 Å². The van der Waals surface area contributed by atoms with E-state index >= 15 is 0 Å². The van der Waals surface area contributed by atoms with Crippen LogP contribution >= 0.6 is 11.3 Å². The molecule has 0 bridgehead atoms. The molecule has 0 aliphatic carbocycles. The van der Waals surface area contributed by atoms with E-state index in [1.807, 2.05) is 31.4 Å². The van der Waals surface area contributed by atoms with Gasteiger partial charge in [0, 0.05) is 43.2 Å². The summed E-state index contributed by atoms with van der Waals surface area (Å²) in [7, 11) is 0. The van der Waals surface area contributed by atoms with Gasteiger partial charge in [-0.15, -0.1) is 11.3 Å². The van der Waals surface area contributed by atoms with E-state index in [4.69, 9.17) is 0 Å². The Morgan fingerprint density at radius 1 is 1.24 bits per heavy atom. The number of aryl methyl sites for hydroxylation is 2. The van der Waals surface area contributed by atoms with E-state index in [-0.39, 0.29) is 5.92 Å². The Labute approximate surface area is 152 Å². The first-order chi connectivity index (χ1) is 12.1. The highest BCUT2D eigenvalue weighted by atomic mass is 32.1. The molecule has 2 aliphatic heterocycles. The van der Waals surface area contributed by atoms with Gasteiger partial charge in [-0.05, 0) is 50.1 Å². The second-order valence-corrected chi connectivity index (χ2v) is 8.06. The molecule has 25 heavy (non-hydrogen) atoms. The van der Waals surface area contributed by atoms with Crippen molar-refractivity contribution >= 4 is 23.1 Å². The van der Waals surface area contributed by atoms with Crippen LogP contribution in [0, 0.1) is 19.8 Å². The number of nitrogens with zero attached hydrogens (tertiary/aromatic N) is 4. The monoisotopic (exact) mass is 356 g/mol. The van der Waals surface area contributed by atoms with Crippen molar-refractivity contribution in [2.45, 2.75) is 39.7 Å². The molecule has 0 unspecified atom stereocenters. The molecule has 2 aromatic rings. The maximum Gasteiger partial charge on any atom is 0.226 e. The number of piperidine rings is 1. The fraction of sp³-hybridized carbons (Fsp3) is 0.526. The van der Waals surface area contributed by atoms with Crippen LogP contribution in [0.1, 0.15) is 34.7 Å². The van der Waals surface area contributed by atoms with Crippen LogP contribution in [-0.4, -0.2) is 40.4 Å². The maximum atomic E-state index is 12.9. The van der Waals surface area contributed by atoms with Crippen LogP contribution in [0.5, 0.6) is 0 Å². The van der Waals surface area contributed by atoms with E-state index in [1.165, 1.54) is 10.4 Å². The summed E-state index contributed by atoms with van der Waals surface area (Å²) in [6.45, 7) is 7.40. The van der Waals surface area contributed by atoms with E-state index in [9.17, 15) is 4.79 Å². The number of hydrogen-bond acceptors (Lipinski definition) is 5. The Hall–Kier alpha value is -1.95. The quantitative estimate of drug-likeness (QED) is 0.830. The largest absolute Gasteiger partial charge is 0.355 e. The topological polar surface area (TPSA) is 49.3 Å². The summed E-state index contributed by atoms with van der Waals surface area (Å²) in [6.07, 6.45) is 4.63. The number of hydrogen-bond donors (Lipinski definition) is 0. The fourth-order valence-electron chi connectivity index (χ4n) is 3.86. The third-order valence-electron chi connectivity index (χ3n) is 5.31. The average Bonchev–Trinajstić information content (AvgIpc) is 3.11. The van der Waals surface area contributed by atoms with Gasteiger partial charge in [0.15, 0.2) is 0 Å². The first-order valence-electron chi connectivity index (χ1n) is 9.01. The molecule has 1 saturated heterocycles. The molecule has 0 atom stereocenters. The fourth-order valence-corrected chi connectivity index (χ4v) is 4.75. The van der Waals surface area contributed by atoms with Crippen LogP contribution in [0.3, 0.4) is 0 Å². The molecule has 2 aliphatic rings. The van der Waals surface area contributed by atoms with Crippen LogP contribution in [-0.2, 0) is 17.8 Å². The number of carbonyl (C=O) groups excluding carboxylic acids is 1. The van der Waals surface area contributed by atoms with E-state index in [0.717, 1.165) is 62.6 Å². The van der Waals surface area contributed by atoms with Crippen LogP contribution in [0.15, 0.2) is 17.6 Å². The van der Waals surface area contributed by atoms with E-state index in [2.05, 4.69) is 31.2 Å². The van der Waals surface area contributed by atoms with Gasteiger partial charge in [-0.2, -0.15) is 0 Å². The molecule has 1 amide bonds. The first kappa shape index (κ1) is 16.5. The lowest BCUT2D eigenvalue weighted by atomic mass is 9.94. The summed E-state index contributed by atoms with van der Waals surface area (Å²) in [6, 6.07) is 2.17. The zero-order valence-electron chi connectivity index (χ0n) is 14.9. The average molecular weight is 356 g/mol.